The minimum Gasteiger partial charge on any atom is -0.352 e. The number of carbonyl (C=O) groups excluding carboxylic acids is 1. The summed E-state index contributed by atoms with van der Waals surface area (Å²) in [6.07, 6.45) is 3.74. The van der Waals surface area contributed by atoms with E-state index in [2.05, 4.69) is 26.6 Å². The third-order valence-electron chi connectivity index (χ3n) is 3.37. The van der Waals surface area contributed by atoms with Gasteiger partial charge in [0.2, 0.25) is 5.91 Å². The first-order chi connectivity index (χ1) is 9.15. The van der Waals surface area contributed by atoms with Crippen molar-refractivity contribution in [2.45, 2.75) is 38.3 Å². The van der Waals surface area contributed by atoms with Crippen LogP contribution in [0.1, 0.15) is 31.2 Å². The van der Waals surface area contributed by atoms with Crippen molar-refractivity contribution in [2.24, 2.45) is 0 Å². The average molecular weight is 329 g/mol. The fourth-order valence-electron chi connectivity index (χ4n) is 2.27. The number of halogens is 2. The van der Waals surface area contributed by atoms with Gasteiger partial charge >= 0.3 is 0 Å². The maximum Gasteiger partial charge on any atom is 0.220 e. The van der Waals surface area contributed by atoms with Crippen LogP contribution >= 0.6 is 15.9 Å². The molecule has 1 saturated heterocycles. The Hall–Kier alpha value is -0.940. The molecular weight excluding hydrogens is 311 g/mol. The van der Waals surface area contributed by atoms with Crippen molar-refractivity contribution < 1.29 is 9.18 Å². The van der Waals surface area contributed by atoms with Crippen LogP contribution in [-0.4, -0.2) is 18.5 Å². The van der Waals surface area contributed by atoms with E-state index in [1.54, 1.807) is 6.07 Å². The normalized spacial score (nSPS) is 18.5. The molecule has 1 aliphatic heterocycles. The van der Waals surface area contributed by atoms with Crippen LogP contribution < -0.4 is 10.6 Å². The van der Waals surface area contributed by atoms with E-state index in [-0.39, 0.29) is 11.7 Å². The van der Waals surface area contributed by atoms with Gasteiger partial charge in [-0.3, -0.25) is 4.79 Å². The summed E-state index contributed by atoms with van der Waals surface area (Å²) in [4.78, 5) is 11.7. The van der Waals surface area contributed by atoms with Crippen molar-refractivity contribution in [2.75, 3.05) is 6.54 Å². The van der Waals surface area contributed by atoms with Gasteiger partial charge < -0.3 is 10.6 Å². The minimum absolute atomic E-state index is 0.0184. The van der Waals surface area contributed by atoms with Crippen molar-refractivity contribution in [3.8, 4) is 0 Å². The van der Waals surface area contributed by atoms with Crippen LogP contribution in [0, 0.1) is 5.82 Å². The van der Waals surface area contributed by atoms with Crippen LogP contribution in [0.15, 0.2) is 22.7 Å². The zero-order chi connectivity index (χ0) is 13.7. The van der Waals surface area contributed by atoms with Gasteiger partial charge in [-0.1, -0.05) is 15.9 Å². The van der Waals surface area contributed by atoms with E-state index >= 15 is 0 Å². The number of hydrogen-bond donors (Lipinski definition) is 2. The summed E-state index contributed by atoms with van der Waals surface area (Å²) in [5, 5.41) is 6.19. The van der Waals surface area contributed by atoms with Crippen molar-refractivity contribution >= 4 is 21.8 Å². The molecule has 19 heavy (non-hydrogen) atoms. The first kappa shape index (κ1) is 14.5. The SMILES string of the molecule is O=C(CCC1CCCN1)NCc1cc(F)ccc1Br. The molecule has 1 aromatic carbocycles. The molecule has 1 heterocycles. The standard InChI is InChI=1S/C14H18BrFN2O/c15-13-5-3-11(16)8-10(13)9-18-14(19)6-4-12-2-1-7-17-12/h3,5,8,12,17H,1-2,4,6-7,9H2,(H,18,19). The summed E-state index contributed by atoms with van der Waals surface area (Å²) in [7, 11) is 0. The van der Waals surface area contributed by atoms with Gasteiger partial charge in [0.05, 0.1) is 0 Å². The molecule has 1 fully saturated rings. The minimum atomic E-state index is -0.289. The lowest BCUT2D eigenvalue weighted by Gasteiger charge is -2.10. The van der Waals surface area contributed by atoms with Gasteiger partial charge in [0.1, 0.15) is 5.82 Å². The first-order valence-electron chi connectivity index (χ1n) is 6.59. The molecule has 0 saturated carbocycles. The van der Waals surface area contributed by atoms with Crippen LogP contribution in [0.3, 0.4) is 0 Å². The molecule has 0 spiro atoms. The van der Waals surface area contributed by atoms with Gasteiger partial charge in [-0.25, -0.2) is 4.39 Å². The van der Waals surface area contributed by atoms with Gasteiger partial charge in [0.15, 0.2) is 0 Å². The van der Waals surface area contributed by atoms with Crippen molar-refractivity contribution in [1.82, 2.24) is 10.6 Å². The summed E-state index contributed by atoms with van der Waals surface area (Å²) in [5.74, 6) is -0.271. The Labute approximate surface area is 121 Å². The van der Waals surface area contributed by atoms with Crippen LogP contribution in [0.25, 0.3) is 0 Å². The lowest BCUT2D eigenvalue weighted by molar-refractivity contribution is -0.121. The average Bonchev–Trinajstić information content (AvgIpc) is 2.90. The number of rotatable bonds is 5. The highest BCUT2D eigenvalue weighted by Crippen LogP contribution is 2.17. The molecule has 3 nitrogen and oxygen atoms in total. The Morgan fingerprint density at radius 2 is 2.37 bits per heavy atom. The second kappa shape index (κ2) is 7.01. The molecule has 1 amide bonds. The molecule has 0 radical (unpaired) electrons. The number of benzene rings is 1. The fourth-order valence-corrected chi connectivity index (χ4v) is 2.66. The molecule has 104 valence electrons. The van der Waals surface area contributed by atoms with Gasteiger partial charge in [-0.15, -0.1) is 0 Å². The zero-order valence-electron chi connectivity index (χ0n) is 10.7. The summed E-state index contributed by atoms with van der Waals surface area (Å²) >= 11 is 3.35. The van der Waals surface area contributed by atoms with E-state index in [0.717, 1.165) is 29.4 Å². The highest BCUT2D eigenvalue weighted by Gasteiger charge is 2.15. The third kappa shape index (κ3) is 4.58. The highest BCUT2D eigenvalue weighted by molar-refractivity contribution is 9.10. The molecule has 1 aromatic rings. The third-order valence-corrected chi connectivity index (χ3v) is 4.14. The van der Waals surface area contributed by atoms with Crippen LogP contribution in [0.2, 0.25) is 0 Å². The van der Waals surface area contributed by atoms with E-state index in [1.807, 2.05) is 0 Å². The van der Waals surface area contributed by atoms with E-state index in [1.165, 1.54) is 18.6 Å². The summed E-state index contributed by atoms with van der Waals surface area (Å²) in [6, 6.07) is 4.95. The van der Waals surface area contributed by atoms with Gasteiger partial charge in [0.25, 0.3) is 0 Å². The summed E-state index contributed by atoms with van der Waals surface area (Å²) in [6.45, 7) is 1.41. The molecular formula is C14H18BrFN2O. The molecule has 1 aliphatic rings. The van der Waals surface area contributed by atoms with E-state index < -0.39 is 0 Å². The largest absolute Gasteiger partial charge is 0.352 e. The molecule has 2 N–H and O–H groups in total. The molecule has 2 rings (SSSR count). The molecule has 1 unspecified atom stereocenters. The lowest BCUT2D eigenvalue weighted by atomic mass is 10.1. The number of amides is 1. The Morgan fingerprint density at radius 3 is 3.11 bits per heavy atom. The van der Waals surface area contributed by atoms with Crippen LogP contribution in [0.4, 0.5) is 4.39 Å². The maximum absolute atomic E-state index is 13.1. The Kier molecular flexibility index (Phi) is 5.34. The predicted octanol–water partition coefficient (Wildman–Crippen LogP) is 2.74. The van der Waals surface area contributed by atoms with Crippen LogP contribution in [0.5, 0.6) is 0 Å². The maximum atomic E-state index is 13.1. The molecule has 0 aliphatic carbocycles. The summed E-state index contributed by atoms with van der Waals surface area (Å²) < 4.78 is 13.9. The van der Waals surface area contributed by atoms with Crippen LogP contribution in [-0.2, 0) is 11.3 Å². The van der Waals surface area contributed by atoms with Crippen molar-refractivity contribution in [1.29, 1.82) is 0 Å². The molecule has 0 bridgehead atoms. The Morgan fingerprint density at radius 1 is 1.53 bits per heavy atom. The van der Waals surface area contributed by atoms with Crippen molar-refractivity contribution in [3.05, 3.63) is 34.1 Å². The summed E-state index contributed by atoms with van der Waals surface area (Å²) in [5.41, 5.74) is 0.757. The smallest absolute Gasteiger partial charge is 0.220 e. The topological polar surface area (TPSA) is 41.1 Å². The zero-order valence-corrected chi connectivity index (χ0v) is 12.3. The monoisotopic (exact) mass is 328 g/mol. The Bertz CT molecular complexity index is 447. The van der Waals surface area contributed by atoms with Crippen molar-refractivity contribution in [3.63, 3.8) is 0 Å². The van der Waals surface area contributed by atoms with E-state index in [0.29, 0.717) is 19.0 Å². The van der Waals surface area contributed by atoms with E-state index in [4.69, 9.17) is 0 Å². The predicted molar refractivity (Wildman–Crippen MR) is 76.2 cm³/mol. The first-order valence-corrected chi connectivity index (χ1v) is 7.38. The molecule has 5 heteroatoms. The van der Waals surface area contributed by atoms with Gasteiger partial charge in [-0.2, -0.15) is 0 Å². The Balaban J connectivity index is 1.74. The molecule has 0 aromatic heterocycles. The second-order valence-corrected chi connectivity index (χ2v) is 5.70. The quantitative estimate of drug-likeness (QED) is 0.872. The van der Waals surface area contributed by atoms with Gasteiger partial charge in [-0.05, 0) is 49.6 Å². The number of hydrogen-bond acceptors (Lipinski definition) is 2. The fraction of sp³-hybridized carbons (Fsp3) is 0.500. The second-order valence-electron chi connectivity index (χ2n) is 4.84. The van der Waals surface area contributed by atoms with Gasteiger partial charge in [0, 0.05) is 23.5 Å². The molecule has 1 atom stereocenters. The van der Waals surface area contributed by atoms with E-state index in [9.17, 15) is 9.18 Å². The lowest BCUT2D eigenvalue weighted by Crippen LogP contribution is -2.27. The number of nitrogens with one attached hydrogen (secondary N) is 2. The highest BCUT2D eigenvalue weighted by atomic mass is 79.9. The number of carbonyl (C=O) groups is 1.